The molecule has 2 aromatic carbocycles. The molecule has 0 aromatic heterocycles. The zero-order chi connectivity index (χ0) is 17.3. The van der Waals surface area contributed by atoms with Gasteiger partial charge in [-0.2, -0.15) is 0 Å². The molecule has 0 radical (unpaired) electrons. The van der Waals surface area contributed by atoms with E-state index in [0.717, 1.165) is 11.1 Å². The minimum Gasteiger partial charge on any atom is -0.327 e. The Labute approximate surface area is 143 Å². The Bertz CT molecular complexity index is 671. The fraction of sp³-hybridized carbons (Fsp3) is 0.333. The lowest BCUT2D eigenvalue weighted by Crippen LogP contribution is -2.51. The van der Waals surface area contributed by atoms with E-state index in [9.17, 15) is 9.59 Å². The van der Waals surface area contributed by atoms with Gasteiger partial charge in [-0.1, -0.05) is 74.5 Å². The molecule has 1 fully saturated rings. The second-order valence-electron chi connectivity index (χ2n) is 6.62. The van der Waals surface area contributed by atoms with E-state index in [1.165, 1.54) is 0 Å². The Morgan fingerprint density at radius 2 is 1.17 bits per heavy atom. The van der Waals surface area contributed by atoms with Gasteiger partial charge in [-0.05, 0) is 11.1 Å². The molecule has 0 N–H and O–H groups in total. The molecular weight excluding hydrogens is 298 g/mol. The monoisotopic (exact) mass is 321 g/mol. The SMILES string of the molecule is CC(=O)N1C(c2ccccc2)C(C)C(=O)C(C)C1c1ccccc1. The molecule has 0 aliphatic carbocycles. The molecule has 3 nitrogen and oxygen atoms in total. The number of rotatable bonds is 2. The molecule has 4 atom stereocenters. The van der Waals surface area contributed by atoms with Gasteiger partial charge in [-0.3, -0.25) is 9.59 Å². The van der Waals surface area contributed by atoms with Gasteiger partial charge >= 0.3 is 0 Å². The number of hydrogen-bond acceptors (Lipinski definition) is 2. The second kappa shape index (κ2) is 6.60. The predicted molar refractivity (Wildman–Crippen MR) is 94.2 cm³/mol. The minimum absolute atomic E-state index is 0.00362. The second-order valence-corrected chi connectivity index (χ2v) is 6.62. The number of carbonyl (C=O) groups excluding carboxylic acids is 2. The third kappa shape index (κ3) is 2.75. The van der Waals surface area contributed by atoms with Gasteiger partial charge in [0, 0.05) is 18.8 Å². The number of likely N-dealkylation sites (tertiary alicyclic amines) is 1. The maximum Gasteiger partial charge on any atom is 0.220 e. The largest absolute Gasteiger partial charge is 0.327 e. The van der Waals surface area contributed by atoms with Crippen LogP contribution in [0.3, 0.4) is 0 Å². The summed E-state index contributed by atoms with van der Waals surface area (Å²) >= 11 is 0. The summed E-state index contributed by atoms with van der Waals surface area (Å²) in [7, 11) is 0. The van der Waals surface area contributed by atoms with E-state index in [0.29, 0.717) is 0 Å². The van der Waals surface area contributed by atoms with Crippen molar-refractivity contribution in [2.24, 2.45) is 11.8 Å². The normalized spacial score (nSPS) is 27.1. The van der Waals surface area contributed by atoms with Gasteiger partial charge < -0.3 is 4.90 Å². The molecule has 4 unspecified atom stereocenters. The molecular formula is C21H23NO2. The maximum absolute atomic E-state index is 12.9. The first kappa shape index (κ1) is 16.4. The molecule has 1 aliphatic heterocycles. The first-order valence-electron chi connectivity index (χ1n) is 8.45. The zero-order valence-electron chi connectivity index (χ0n) is 14.3. The summed E-state index contributed by atoms with van der Waals surface area (Å²) in [5.74, 6) is -0.211. The third-order valence-corrected chi connectivity index (χ3v) is 5.09. The van der Waals surface area contributed by atoms with Crippen LogP contribution in [0, 0.1) is 11.8 Å². The van der Waals surface area contributed by atoms with Crippen molar-refractivity contribution in [3.05, 3.63) is 71.8 Å². The number of hydrogen-bond donors (Lipinski definition) is 0. The highest BCUT2D eigenvalue weighted by molar-refractivity contribution is 5.88. The Hall–Kier alpha value is -2.42. The van der Waals surface area contributed by atoms with Crippen LogP contribution in [0.25, 0.3) is 0 Å². The van der Waals surface area contributed by atoms with E-state index in [4.69, 9.17) is 0 Å². The standard InChI is InChI=1S/C21H23NO2/c1-14-19(17-10-6-4-7-11-17)22(16(3)23)20(15(2)21(14)24)18-12-8-5-9-13-18/h4-15,19-20H,1-3H3. The van der Waals surface area contributed by atoms with Gasteiger partial charge in [0.2, 0.25) is 5.91 Å². The van der Waals surface area contributed by atoms with E-state index in [1.807, 2.05) is 79.4 Å². The number of nitrogens with zero attached hydrogens (tertiary/aromatic N) is 1. The molecule has 124 valence electrons. The highest BCUT2D eigenvalue weighted by Crippen LogP contribution is 2.45. The number of amides is 1. The first-order valence-corrected chi connectivity index (χ1v) is 8.45. The van der Waals surface area contributed by atoms with Crippen LogP contribution in [0.5, 0.6) is 0 Å². The minimum atomic E-state index is -0.224. The van der Waals surface area contributed by atoms with Crippen LogP contribution in [0.1, 0.15) is 44.0 Å². The smallest absolute Gasteiger partial charge is 0.220 e. The zero-order valence-corrected chi connectivity index (χ0v) is 14.3. The summed E-state index contributed by atoms with van der Waals surface area (Å²) in [6.07, 6.45) is 0. The van der Waals surface area contributed by atoms with E-state index in [-0.39, 0.29) is 35.6 Å². The van der Waals surface area contributed by atoms with Crippen molar-refractivity contribution in [3.63, 3.8) is 0 Å². The maximum atomic E-state index is 12.9. The Balaban J connectivity index is 2.14. The van der Waals surface area contributed by atoms with Crippen molar-refractivity contribution in [1.82, 2.24) is 4.90 Å². The van der Waals surface area contributed by atoms with Crippen molar-refractivity contribution in [1.29, 1.82) is 0 Å². The molecule has 1 saturated heterocycles. The van der Waals surface area contributed by atoms with Crippen LogP contribution in [-0.2, 0) is 9.59 Å². The average molecular weight is 321 g/mol. The van der Waals surface area contributed by atoms with Gasteiger partial charge in [-0.25, -0.2) is 0 Å². The van der Waals surface area contributed by atoms with Crippen LogP contribution in [0.15, 0.2) is 60.7 Å². The lowest BCUT2D eigenvalue weighted by atomic mass is 9.74. The average Bonchev–Trinajstić information content (AvgIpc) is 2.60. The number of Topliss-reactive ketones (excluding diaryl/α,β-unsaturated/α-hetero) is 1. The molecule has 3 rings (SSSR count). The van der Waals surface area contributed by atoms with Gasteiger partial charge in [0.1, 0.15) is 5.78 Å². The number of piperidine rings is 1. The van der Waals surface area contributed by atoms with Crippen molar-refractivity contribution in [3.8, 4) is 0 Å². The molecule has 1 aliphatic rings. The Morgan fingerprint density at radius 1 is 0.792 bits per heavy atom. The van der Waals surface area contributed by atoms with Gasteiger partial charge in [0.05, 0.1) is 12.1 Å². The van der Waals surface area contributed by atoms with Gasteiger partial charge in [-0.15, -0.1) is 0 Å². The molecule has 0 bridgehead atoms. The molecule has 1 heterocycles. The number of ketones is 1. The summed E-state index contributed by atoms with van der Waals surface area (Å²) in [5.41, 5.74) is 2.03. The van der Waals surface area contributed by atoms with Crippen molar-refractivity contribution < 1.29 is 9.59 Å². The third-order valence-electron chi connectivity index (χ3n) is 5.09. The van der Waals surface area contributed by atoms with E-state index < -0.39 is 0 Å². The molecule has 24 heavy (non-hydrogen) atoms. The van der Waals surface area contributed by atoms with Crippen LogP contribution < -0.4 is 0 Å². The van der Waals surface area contributed by atoms with Crippen molar-refractivity contribution in [2.45, 2.75) is 32.9 Å². The molecule has 3 heteroatoms. The Kier molecular flexibility index (Phi) is 4.52. The van der Waals surface area contributed by atoms with E-state index in [2.05, 4.69) is 0 Å². The predicted octanol–water partition coefficient (Wildman–Crippen LogP) is 4.17. The van der Waals surface area contributed by atoms with Gasteiger partial charge in [0.15, 0.2) is 0 Å². The summed E-state index contributed by atoms with van der Waals surface area (Å²) in [4.78, 5) is 27.4. The topological polar surface area (TPSA) is 37.4 Å². The van der Waals surface area contributed by atoms with Crippen molar-refractivity contribution >= 4 is 11.7 Å². The van der Waals surface area contributed by atoms with E-state index >= 15 is 0 Å². The lowest BCUT2D eigenvalue weighted by molar-refractivity contribution is -0.149. The summed E-state index contributed by atoms with van der Waals surface area (Å²) in [6.45, 7) is 5.47. The lowest BCUT2D eigenvalue weighted by Gasteiger charge is -2.48. The van der Waals surface area contributed by atoms with E-state index in [1.54, 1.807) is 6.92 Å². The van der Waals surface area contributed by atoms with Crippen LogP contribution in [0.2, 0.25) is 0 Å². The van der Waals surface area contributed by atoms with Crippen LogP contribution >= 0.6 is 0 Å². The number of carbonyl (C=O) groups is 2. The highest BCUT2D eigenvalue weighted by atomic mass is 16.2. The fourth-order valence-electron chi connectivity index (χ4n) is 3.97. The fourth-order valence-corrected chi connectivity index (χ4v) is 3.97. The quantitative estimate of drug-likeness (QED) is 0.832. The summed E-state index contributed by atoms with van der Waals surface area (Å²) < 4.78 is 0. The first-order chi connectivity index (χ1) is 11.5. The highest BCUT2D eigenvalue weighted by Gasteiger charge is 2.46. The molecule has 2 aromatic rings. The van der Waals surface area contributed by atoms with Gasteiger partial charge in [0.25, 0.3) is 0 Å². The van der Waals surface area contributed by atoms with Crippen LogP contribution in [0.4, 0.5) is 0 Å². The van der Waals surface area contributed by atoms with Crippen LogP contribution in [-0.4, -0.2) is 16.6 Å². The summed E-state index contributed by atoms with van der Waals surface area (Å²) in [5, 5.41) is 0. The molecule has 0 saturated carbocycles. The molecule has 0 spiro atoms. The van der Waals surface area contributed by atoms with Crippen molar-refractivity contribution in [2.75, 3.05) is 0 Å². The molecule has 1 amide bonds. The summed E-state index contributed by atoms with van der Waals surface area (Å²) in [6, 6.07) is 19.3. The number of benzene rings is 2. The Morgan fingerprint density at radius 3 is 1.50 bits per heavy atom.